The number of halogens is 1. The first kappa shape index (κ1) is 9.47. The van der Waals surface area contributed by atoms with E-state index in [0.717, 1.165) is 12.8 Å². The Labute approximate surface area is 72.8 Å². The molecule has 1 aliphatic rings. The van der Waals surface area contributed by atoms with Crippen LogP contribution in [0.4, 0.5) is 4.39 Å². The van der Waals surface area contributed by atoms with Crippen LogP contribution in [-0.4, -0.2) is 18.3 Å². The monoisotopic (exact) mass is 170 g/mol. The van der Waals surface area contributed by atoms with Gasteiger partial charge in [0, 0.05) is 6.04 Å². The van der Waals surface area contributed by atoms with E-state index in [2.05, 4.69) is 11.4 Å². The zero-order valence-corrected chi connectivity index (χ0v) is 7.39. The Morgan fingerprint density at radius 1 is 1.67 bits per heavy atom. The summed E-state index contributed by atoms with van der Waals surface area (Å²) in [6, 6.07) is 2.29. The van der Waals surface area contributed by atoms with Gasteiger partial charge in [-0.05, 0) is 25.7 Å². The van der Waals surface area contributed by atoms with Crippen molar-refractivity contribution in [2.24, 2.45) is 0 Å². The van der Waals surface area contributed by atoms with Crippen LogP contribution in [0, 0.1) is 11.3 Å². The van der Waals surface area contributed by atoms with E-state index in [-0.39, 0.29) is 12.1 Å². The minimum absolute atomic E-state index is 0.0969. The standard InChI is InChI=1S/C9H15FN2/c1-2-8(6-11)12-9-4-3-7(10)5-9/h7-9,12H,2-5H2,1H3. The number of nitriles is 1. The van der Waals surface area contributed by atoms with Gasteiger partial charge in [0.05, 0.1) is 12.1 Å². The largest absolute Gasteiger partial charge is 0.299 e. The van der Waals surface area contributed by atoms with Gasteiger partial charge in [0.15, 0.2) is 0 Å². The molecule has 3 atom stereocenters. The molecule has 0 aliphatic heterocycles. The van der Waals surface area contributed by atoms with Gasteiger partial charge in [0.25, 0.3) is 0 Å². The van der Waals surface area contributed by atoms with Gasteiger partial charge in [-0.3, -0.25) is 5.32 Å². The van der Waals surface area contributed by atoms with Crippen LogP contribution in [0.3, 0.4) is 0 Å². The Morgan fingerprint density at radius 2 is 2.42 bits per heavy atom. The normalized spacial score (nSPS) is 31.4. The fourth-order valence-electron chi connectivity index (χ4n) is 1.61. The van der Waals surface area contributed by atoms with Gasteiger partial charge in [-0.15, -0.1) is 0 Å². The maximum Gasteiger partial charge on any atom is 0.102 e. The number of rotatable bonds is 3. The van der Waals surface area contributed by atoms with Crippen LogP contribution in [0.5, 0.6) is 0 Å². The molecule has 1 saturated carbocycles. The second-order valence-electron chi connectivity index (χ2n) is 3.36. The molecule has 3 heteroatoms. The zero-order chi connectivity index (χ0) is 8.97. The van der Waals surface area contributed by atoms with Crippen molar-refractivity contribution in [3.05, 3.63) is 0 Å². The average Bonchev–Trinajstić information content (AvgIpc) is 2.47. The summed E-state index contributed by atoms with van der Waals surface area (Å²) in [4.78, 5) is 0. The lowest BCUT2D eigenvalue weighted by Crippen LogP contribution is -2.35. The molecule has 0 aromatic carbocycles. The Bertz CT molecular complexity index is 176. The Hall–Kier alpha value is -0.620. The minimum atomic E-state index is -0.654. The molecule has 0 aromatic heterocycles. The molecule has 68 valence electrons. The summed E-state index contributed by atoms with van der Waals surface area (Å²) in [5.41, 5.74) is 0. The van der Waals surface area contributed by atoms with Crippen LogP contribution >= 0.6 is 0 Å². The Morgan fingerprint density at radius 3 is 2.83 bits per heavy atom. The summed E-state index contributed by atoms with van der Waals surface area (Å²) < 4.78 is 12.7. The number of hydrogen-bond donors (Lipinski definition) is 1. The third-order valence-electron chi connectivity index (χ3n) is 2.37. The number of alkyl halides is 1. The van der Waals surface area contributed by atoms with Crippen molar-refractivity contribution in [1.29, 1.82) is 5.26 Å². The predicted octanol–water partition coefficient (Wildman–Crippen LogP) is 1.77. The summed E-state index contributed by atoms with van der Waals surface area (Å²) in [5, 5.41) is 11.8. The van der Waals surface area contributed by atoms with Crippen molar-refractivity contribution in [2.75, 3.05) is 0 Å². The summed E-state index contributed by atoms with van der Waals surface area (Å²) in [7, 11) is 0. The molecule has 0 heterocycles. The van der Waals surface area contributed by atoms with E-state index in [4.69, 9.17) is 5.26 Å². The van der Waals surface area contributed by atoms with Crippen molar-refractivity contribution in [3.63, 3.8) is 0 Å². The molecule has 1 fully saturated rings. The second kappa shape index (κ2) is 4.42. The van der Waals surface area contributed by atoms with Gasteiger partial charge in [-0.25, -0.2) is 4.39 Å². The predicted molar refractivity (Wildman–Crippen MR) is 45.4 cm³/mol. The first-order valence-corrected chi connectivity index (χ1v) is 4.56. The molecular weight excluding hydrogens is 155 g/mol. The fourth-order valence-corrected chi connectivity index (χ4v) is 1.61. The van der Waals surface area contributed by atoms with Crippen LogP contribution in [-0.2, 0) is 0 Å². The summed E-state index contributed by atoms with van der Waals surface area (Å²) in [6.07, 6.45) is 2.25. The second-order valence-corrected chi connectivity index (χ2v) is 3.36. The van der Waals surface area contributed by atoms with Crippen molar-refractivity contribution < 1.29 is 4.39 Å². The summed E-state index contributed by atoms with van der Waals surface area (Å²) >= 11 is 0. The van der Waals surface area contributed by atoms with Crippen LogP contribution < -0.4 is 5.32 Å². The molecule has 1 N–H and O–H groups in total. The van der Waals surface area contributed by atoms with Gasteiger partial charge in [-0.1, -0.05) is 6.92 Å². The van der Waals surface area contributed by atoms with Gasteiger partial charge < -0.3 is 0 Å². The van der Waals surface area contributed by atoms with E-state index in [1.165, 1.54) is 0 Å². The van der Waals surface area contributed by atoms with Crippen molar-refractivity contribution in [2.45, 2.75) is 50.9 Å². The molecule has 2 nitrogen and oxygen atoms in total. The summed E-state index contributed by atoms with van der Waals surface area (Å²) in [6.45, 7) is 1.96. The highest BCUT2D eigenvalue weighted by Gasteiger charge is 2.25. The maximum atomic E-state index is 12.7. The van der Waals surface area contributed by atoms with E-state index in [0.29, 0.717) is 12.8 Å². The van der Waals surface area contributed by atoms with Crippen molar-refractivity contribution >= 4 is 0 Å². The highest BCUT2D eigenvalue weighted by atomic mass is 19.1. The molecule has 1 rings (SSSR count). The molecule has 1 aliphatic carbocycles. The highest BCUT2D eigenvalue weighted by molar-refractivity contribution is 4.93. The molecule has 12 heavy (non-hydrogen) atoms. The average molecular weight is 170 g/mol. The first-order valence-electron chi connectivity index (χ1n) is 4.56. The van der Waals surface area contributed by atoms with Gasteiger partial charge in [0.2, 0.25) is 0 Å². The molecule has 0 bridgehead atoms. The van der Waals surface area contributed by atoms with E-state index < -0.39 is 6.17 Å². The molecule has 0 aromatic rings. The highest BCUT2D eigenvalue weighted by Crippen LogP contribution is 2.22. The van der Waals surface area contributed by atoms with E-state index in [1.807, 2.05) is 6.92 Å². The lowest BCUT2D eigenvalue weighted by molar-refractivity contribution is 0.331. The van der Waals surface area contributed by atoms with E-state index in [1.54, 1.807) is 0 Å². The third kappa shape index (κ3) is 2.46. The van der Waals surface area contributed by atoms with Crippen LogP contribution in [0.1, 0.15) is 32.6 Å². The molecular formula is C9H15FN2. The van der Waals surface area contributed by atoms with E-state index >= 15 is 0 Å². The lowest BCUT2D eigenvalue weighted by Gasteiger charge is -2.14. The van der Waals surface area contributed by atoms with E-state index in [9.17, 15) is 4.39 Å². The van der Waals surface area contributed by atoms with Gasteiger partial charge in [0.1, 0.15) is 6.17 Å². The lowest BCUT2D eigenvalue weighted by atomic mass is 10.2. The topological polar surface area (TPSA) is 35.8 Å². The quantitative estimate of drug-likeness (QED) is 0.700. The molecule has 3 unspecified atom stereocenters. The van der Waals surface area contributed by atoms with Crippen LogP contribution in [0.15, 0.2) is 0 Å². The van der Waals surface area contributed by atoms with Gasteiger partial charge >= 0.3 is 0 Å². The van der Waals surface area contributed by atoms with Crippen LogP contribution in [0.2, 0.25) is 0 Å². The molecule has 0 saturated heterocycles. The van der Waals surface area contributed by atoms with Gasteiger partial charge in [-0.2, -0.15) is 5.26 Å². The fraction of sp³-hybridized carbons (Fsp3) is 0.889. The third-order valence-corrected chi connectivity index (χ3v) is 2.37. The number of hydrogen-bond acceptors (Lipinski definition) is 2. The smallest absolute Gasteiger partial charge is 0.102 e. The Balaban J connectivity index is 2.27. The number of nitrogens with zero attached hydrogens (tertiary/aromatic N) is 1. The maximum absolute atomic E-state index is 12.7. The van der Waals surface area contributed by atoms with Crippen LogP contribution in [0.25, 0.3) is 0 Å². The number of nitrogens with one attached hydrogen (secondary N) is 1. The van der Waals surface area contributed by atoms with Crippen molar-refractivity contribution in [1.82, 2.24) is 5.32 Å². The minimum Gasteiger partial charge on any atom is -0.299 e. The molecule has 0 spiro atoms. The molecule has 0 amide bonds. The summed E-state index contributed by atoms with van der Waals surface area (Å²) in [5.74, 6) is 0. The molecule has 0 radical (unpaired) electrons. The first-order chi connectivity index (χ1) is 5.76. The zero-order valence-electron chi connectivity index (χ0n) is 7.39. The van der Waals surface area contributed by atoms with Crippen molar-refractivity contribution in [3.8, 4) is 6.07 Å². The SMILES string of the molecule is CCC(C#N)NC1CCC(F)C1. The Kier molecular flexibility index (Phi) is 3.48.